The minimum Gasteiger partial charge on any atom is -0.497 e. The molecular weight excluding hydrogens is 284 g/mol. The van der Waals surface area contributed by atoms with E-state index in [1.807, 2.05) is 29.2 Å². The monoisotopic (exact) mass is 306 g/mol. The Morgan fingerprint density at radius 2 is 1.95 bits per heavy atom. The van der Waals surface area contributed by atoms with Crippen molar-refractivity contribution >= 4 is 17.6 Å². The highest BCUT2D eigenvalue weighted by atomic mass is 16.5. The summed E-state index contributed by atoms with van der Waals surface area (Å²) in [6.45, 7) is 4.87. The van der Waals surface area contributed by atoms with Crippen LogP contribution in [0.4, 0.5) is 10.5 Å². The van der Waals surface area contributed by atoms with Crippen LogP contribution in [0.1, 0.15) is 6.92 Å². The number of nitrogens with zero attached hydrogens (tertiary/aromatic N) is 2. The highest BCUT2D eigenvalue weighted by Gasteiger charge is 2.26. The van der Waals surface area contributed by atoms with Crippen LogP contribution >= 0.6 is 0 Å². The number of primary amides is 1. The first kappa shape index (κ1) is 16.1. The summed E-state index contributed by atoms with van der Waals surface area (Å²) in [5.41, 5.74) is 6.08. The minimum absolute atomic E-state index is 0.359. The van der Waals surface area contributed by atoms with E-state index in [0.29, 0.717) is 0 Å². The zero-order valence-corrected chi connectivity index (χ0v) is 12.9. The number of carbonyl (C=O) groups excluding carboxylic acids is 2. The molecule has 120 valence electrons. The van der Waals surface area contributed by atoms with E-state index >= 15 is 0 Å². The molecule has 3 N–H and O–H groups in total. The maximum atomic E-state index is 11.8. The lowest BCUT2D eigenvalue weighted by molar-refractivity contribution is -0.124. The van der Waals surface area contributed by atoms with E-state index in [2.05, 4.69) is 10.2 Å². The van der Waals surface area contributed by atoms with Crippen molar-refractivity contribution in [2.75, 3.05) is 38.2 Å². The van der Waals surface area contributed by atoms with E-state index in [1.54, 1.807) is 14.0 Å². The van der Waals surface area contributed by atoms with Crippen LogP contribution in [0.2, 0.25) is 0 Å². The number of anilines is 1. The molecule has 7 nitrogen and oxygen atoms in total. The van der Waals surface area contributed by atoms with Gasteiger partial charge in [-0.3, -0.25) is 15.0 Å². The second-order valence-corrected chi connectivity index (χ2v) is 5.25. The smallest absolute Gasteiger partial charge is 0.318 e. The molecule has 1 aromatic carbocycles. The average molecular weight is 306 g/mol. The molecule has 1 atom stereocenters. The van der Waals surface area contributed by atoms with E-state index in [1.165, 1.54) is 0 Å². The first-order valence-electron chi connectivity index (χ1n) is 7.24. The highest BCUT2D eigenvalue weighted by Crippen LogP contribution is 2.22. The van der Waals surface area contributed by atoms with Crippen LogP contribution in [-0.4, -0.2) is 56.2 Å². The molecule has 3 amide bonds. The lowest BCUT2D eigenvalue weighted by Gasteiger charge is -2.38. The Morgan fingerprint density at radius 3 is 2.55 bits per heavy atom. The molecule has 0 bridgehead atoms. The fourth-order valence-electron chi connectivity index (χ4n) is 2.57. The van der Waals surface area contributed by atoms with Gasteiger partial charge < -0.3 is 15.4 Å². The van der Waals surface area contributed by atoms with Crippen LogP contribution in [0.5, 0.6) is 5.75 Å². The second kappa shape index (κ2) is 7.13. The Morgan fingerprint density at radius 1 is 1.27 bits per heavy atom. The molecule has 1 aliphatic rings. The molecule has 0 aromatic heterocycles. The zero-order chi connectivity index (χ0) is 16.1. The standard InChI is InChI=1S/C15H22N4O3/c1-11(14(20)17-15(16)21)18-6-8-19(9-7-18)12-4-3-5-13(10-12)22-2/h3-5,10-11H,6-9H2,1-2H3,(H3,16,17,20,21)/t11-/m0/s1. The van der Waals surface area contributed by atoms with Crippen molar-refractivity contribution in [3.05, 3.63) is 24.3 Å². The molecule has 1 saturated heterocycles. The SMILES string of the molecule is COc1cccc(N2CCN([C@@H](C)C(=O)NC(N)=O)CC2)c1. The van der Waals surface area contributed by atoms with Crippen molar-refractivity contribution in [3.8, 4) is 5.75 Å². The van der Waals surface area contributed by atoms with Gasteiger partial charge in [-0.05, 0) is 19.1 Å². The Bertz CT molecular complexity index is 541. The molecule has 2 rings (SSSR count). The molecule has 0 aliphatic carbocycles. The summed E-state index contributed by atoms with van der Waals surface area (Å²) in [7, 11) is 1.65. The van der Waals surface area contributed by atoms with Gasteiger partial charge in [0.25, 0.3) is 0 Å². The predicted molar refractivity (Wildman–Crippen MR) is 84.0 cm³/mol. The van der Waals surface area contributed by atoms with Gasteiger partial charge in [-0.2, -0.15) is 0 Å². The number of amides is 3. The van der Waals surface area contributed by atoms with Gasteiger partial charge >= 0.3 is 6.03 Å². The van der Waals surface area contributed by atoms with Crippen molar-refractivity contribution in [1.82, 2.24) is 10.2 Å². The number of benzene rings is 1. The third-order valence-electron chi connectivity index (χ3n) is 3.91. The number of methoxy groups -OCH3 is 1. The summed E-state index contributed by atoms with van der Waals surface area (Å²) in [5, 5.41) is 2.13. The van der Waals surface area contributed by atoms with Crippen LogP contribution < -0.4 is 20.7 Å². The summed E-state index contributed by atoms with van der Waals surface area (Å²) in [4.78, 5) is 26.8. The van der Waals surface area contributed by atoms with Crippen LogP contribution in [0, 0.1) is 0 Å². The number of piperazine rings is 1. The van der Waals surface area contributed by atoms with Gasteiger partial charge in [-0.15, -0.1) is 0 Å². The van der Waals surface area contributed by atoms with Gasteiger partial charge in [0.05, 0.1) is 13.2 Å². The summed E-state index contributed by atoms with van der Waals surface area (Å²) >= 11 is 0. The molecule has 1 fully saturated rings. The Kier molecular flexibility index (Phi) is 5.21. The lowest BCUT2D eigenvalue weighted by Crippen LogP contribution is -2.55. The fourth-order valence-corrected chi connectivity index (χ4v) is 2.57. The summed E-state index contributed by atoms with van der Waals surface area (Å²) in [5.74, 6) is 0.469. The normalized spacial score (nSPS) is 16.9. The number of carbonyl (C=O) groups is 2. The number of nitrogens with two attached hydrogens (primary N) is 1. The van der Waals surface area contributed by atoms with Crippen molar-refractivity contribution in [2.45, 2.75) is 13.0 Å². The van der Waals surface area contributed by atoms with Crippen LogP contribution in [0.3, 0.4) is 0 Å². The number of nitrogens with one attached hydrogen (secondary N) is 1. The van der Waals surface area contributed by atoms with Crippen LogP contribution in [-0.2, 0) is 4.79 Å². The molecule has 0 saturated carbocycles. The number of imide groups is 1. The zero-order valence-electron chi connectivity index (χ0n) is 12.9. The van der Waals surface area contributed by atoms with Gasteiger partial charge in [0.1, 0.15) is 5.75 Å². The van der Waals surface area contributed by atoms with E-state index in [4.69, 9.17) is 10.5 Å². The van der Waals surface area contributed by atoms with Gasteiger partial charge in [-0.25, -0.2) is 4.79 Å². The highest BCUT2D eigenvalue weighted by molar-refractivity contribution is 5.96. The Labute approximate surface area is 130 Å². The summed E-state index contributed by atoms with van der Waals surface area (Å²) < 4.78 is 5.24. The first-order chi connectivity index (χ1) is 10.5. The topological polar surface area (TPSA) is 87.9 Å². The molecule has 0 radical (unpaired) electrons. The molecule has 0 unspecified atom stereocenters. The summed E-state index contributed by atoms with van der Waals surface area (Å²) in [6, 6.07) is 6.73. The quantitative estimate of drug-likeness (QED) is 0.841. The number of hydrogen-bond acceptors (Lipinski definition) is 5. The van der Waals surface area contributed by atoms with Gasteiger partial charge in [0.2, 0.25) is 5.91 Å². The van der Waals surface area contributed by atoms with Gasteiger partial charge in [-0.1, -0.05) is 6.07 Å². The second-order valence-electron chi connectivity index (χ2n) is 5.25. The molecule has 22 heavy (non-hydrogen) atoms. The molecule has 7 heteroatoms. The van der Waals surface area contributed by atoms with Crippen molar-refractivity contribution in [1.29, 1.82) is 0 Å². The van der Waals surface area contributed by atoms with E-state index in [-0.39, 0.29) is 11.9 Å². The number of urea groups is 1. The third kappa shape index (κ3) is 3.88. The number of rotatable bonds is 4. The molecule has 1 aromatic rings. The van der Waals surface area contributed by atoms with Gasteiger partial charge in [0.15, 0.2) is 0 Å². The molecule has 1 heterocycles. The van der Waals surface area contributed by atoms with Crippen molar-refractivity contribution in [2.24, 2.45) is 5.73 Å². The minimum atomic E-state index is -0.813. The van der Waals surface area contributed by atoms with Crippen LogP contribution in [0.25, 0.3) is 0 Å². The van der Waals surface area contributed by atoms with E-state index in [0.717, 1.165) is 37.6 Å². The first-order valence-corrected chi connectivity index (χ1v) is 7.24. The maximum Gasteiger partial charge on any atom is 0.318 e. The average Bonchev–Trinajstić information content (AvgIpc) is 2.53. The Balaban J connectivity index is 1.92. The third-order valence-corrected chi connectivity index (χ3v) is 3.91. The van der Waals surface area contributed by atoms with Crippen molar-refractivity contribution in [3.63, 3.8) is 0 Å². The van der Waals surface area contributed by atoms with E-state index < -0.39 is 6.03 Å². The maximum absolute atomic E-state index is 11.8. The van der Waals surface area contributed by atoms with Crippen LogP contribution in [0.15, 0.2) is 24.3 Å². The number of ether oxygens (including phenoxy) is 1. The predicted octanol–water partition coefficient (Wildman–Crippen LogP) is 0.401. The summed E-state index contributed by atoms with van der Waals surface area (Å²) in [6.07, 6.45) is 0. The largest absolute Gasteiger partial charge is 0.497 e. The number of hydrogen-bond donors (Lipinski definition) is 2. The molecule has 0 spiro atoms. The molecular formula is C15H22N4O3. The fraction of sp³-hybridized carbons (Fsp3) is 0.467. The van der Waals surface area contributed by atoms with E-state index in [9.17, 15) is 9.59 Å². The Hall–Kier alpha value is -2.28. The molecule has 1 aliphatic heterocycles. The lowest BCUT2D eigenvalue weighted by atomic mass is 10.2. The van der Waals surface area contributed by atoms with Gasteiger partial charge in [0, 0.05) is 37.9 Å². The van der Waals surface area contributed by atoms with Crippen molar-refractivity contribution < 1.29 is 14.3 Å².